The molecule has 0 bridgehead atoms. The van der Waals surface area contributed by atoms with Crippen molar-refractivity contribution in [3.8, 4) is 11.5 Å². The van der Waals surface area contributed by atoms with Crippen LogP contribution in [0, 0.1) is 0 Å². The molecule has 0 aliphatic heterocycles. The lowest BCUT2D eigenvalue weighted by Gasteiger charge is -2.26. The minimum Gasteiger partial charge on any atom is -0.497 e. The smallest absolute Gasteiger partial charge is 0.239 e. The zero-order valence-electron chi connectivity index (χ0n) is 19.0. The molecule has 0 spiro atoms. The molecular weight excluding hydrogens is 416 g/mol. The summed E-state index contributed by atoms with van der Waals surface area (Å²) < 4.78 is 35.0. The lowest BCUT2D eigenvalue weighted by Crippen LogP contribution is -2.49. The molecule has 2 aromatic carbocycles. The fourth-order valence-electron chi connectivity index (χ4n) is 2.88. The van der Waals surface area contributed by atoms with Crippen molar-refractivity contribution >= 4 is 15.7 Å². The molecule has 3 N–H and O–H groups in total. The predicted molar refractivity (Wildman–Crippen MR) is 123 cm³/mol. The first-order valence-electron chi connectivity index (χ1n) is 10.3. The van der Waals surface area contributed by atoms with Crippen molar-refractivity contribution in [2.45, 2.75) is 43.8 Å². The summed E-state index contributed by atoms with van der Waals surface area (Å²) in [4.78, 5) is 12.2. The van der Waals surface area contributed by atoms with Gasteiger partial charge in [0.1, 0.15) is 11.5 Å². The van der Waals surface area contributed by atoms with Crippen molar-refractivity contribution in [1.82, 2.24) is 5.32 Å². The Morgan fingerprint density at radius 1 is 1.03 bits per heavy atom. The van der Waals surface area contributed by atoms with E-state index in [9.17, 15) is 13.2 Å². The number of amides is 1. The highest BCUT2D eigenvalue weighted by atomic mass is 32.2. The Bertz CT molecular complexity index is 927. The average molecular weight is 451 g/mol. The van der Waals surface area contributed by atoms with E-state index in [0.717, 1.165) is 13.1 Å². The van der Waals surface area contributed by atoms with E-state index in [4.69, 9.17) is 15.2 Å². The van der Waals surface area contributed by atoms with Crippen LogP contribution < -0.4 is 20.5 Å². The van der Waals surface area contributed by atoms with Crippen LogP contribution in [0.5, 0.6) is 11.5 Å². The van der Waals surface area contributed by atoms with Crippen molar-refractivity contribution in [3.05, 3.63) is 54.1 Å². The molecule has 0 aromatic heterocycles. The second-order valence-corrected chi connectivity index (χ2v) is 9.37. The van der Waals surface area contributed by atoms with Gasteiger partial charge in [-0.1, -0.05) is 26.0 Å². The molecule has 8 heteroatoms. The zero-order chi connectivity index (χ0) is 23.5. The average Bonchev–Trinajstić information content (AvgIpc) is 2.75. The molecule has 0 heterocycles. The van der Waals surface area contributed by atoms with Gasteiger partial charge in [-0.3, -0.25) is 4.79 Å². The molecule has 7 nitrogen and oxygen atoms in total. The van der Waals surface area contributed by atoms with Crippen LogP contribution in [-0.4, -0.2) is 45.9 Å². The highest BCUT2D eigenvalue weighted by Crippen LogP contribution is 2.31. The SMILES string of the molecule is CCNCC.CCOc1cccc(CC(C)(C(N)=O)S(=O)(=O)c2ccc(OC)cc2)c1. The number of carbonyl (C=O) groups excluding carboxylic acids is 1. The van der Waals surface area contributed by atoms with Gasteiger partial charge in [0, 0.05) is 6.42 Å². The van der Waals surface area contributed by atoms with Crippen LogP contribution in [0.15, 0.2) is 53.4 Å². The van der Waals surface area contributed by atoms with E-state index in [2.05, 4.69) is 19.2 Å². The molecule has 31 heavy (non-hydrogen) atoms. The number of sulfone groups is 1. The van der Waals surface area contributed by atoms with Crippen LogP contribution >= 0.6 is 0 Å². The number of hydrogen-bond acceptors (Lipinski definition) is 6. The van der Waals surface area contributed by atoms with E-state index in [1.807, 2.05) is 6.92 Å². The molecule has 0 aliphatic carbocycles. The highest BCUT2D eigenvalue weighted by Gasteiger charge is 2.46. The minimum absolute atomic E-state index is 0.0144. The first-order chi connectivity index (χ1) is 14.7. The molecule has 0 fully saturated rings. The van der Waals surface area contributed by atoms with Gasteiger partial charge < -0.3 is 20.5 Å². The minimum atomic E-state index is -4.02. The van der Waals surface area contributed by atoms with Crippen molar-refractivity contribution < 1.29 is 22.7 Å². The Hall–Kier alpha value is -2.58. The maximum Gasteiger partial charge on any atom is 0.239 e. The van der Waals surface area contributed by atoms with Crippen LogP contribution in [0.3, 0.4) is 0 Å². The zero-order valence-corrected chi connectivity index (χ0v) is 19.8. The normalized spacial score (nSPS) is 12.8. The van der Waals surface area contributed by atoms with Gasteiger partial charge in [-0.05, 0) is 68.9 Å². The highest BCUT2D eigenvalue weighted by molar-refractivity contribution is 7.93. The number of hydrogen-bond donors (Lipinski definition) is 2. The Balaban J connectivity index is 0.000000861. The number of methoxy groups -OCH3 is 1. The second-order valence-electron chi connectivity index (χ2n) is 6.99. The standard InChI is InChI=1S/C19H23NO5S.C4H11N/c1-4-25-16-7-5-6-14(12-16)13-19(2,18(20)21)26(22,23)17-10-8-15(24-3)9-11-17;1-3-5-4-2/h5-12H,4,13H2,1-3H3,(H2,20,21);5H,3-4H2,1-2H3. The number of nitrogens with two attached hydrogens (primary N) is 1. The van der Waals surface area contributed by atoms with E-state index < -0.39 is 20.5 Å². The second kappa shape index (κ2) is 12.3. The van der Waals surface area contributed by atoms with Crippen LogP contribution in [0.25, 0.3) is 0 Å². The molecule has 0 saturated carbocycles. The van der Waals surface area contributed by atoms with Gasteiger partial charge in [0.05, 0.1) is 18.6 Å². The van der Waals surface area contributed by atoms with Crippen LogP contribution in [0.2, 0.25) is 0 Å². The fraction of sp³-hybridized carbons (Fsp3) is 0.435. The number of benzene rings is 2. The van der Waals surface area contributed by atoms with Gasteiger partial charge in [-0.15, -0.1) is 0 Å². The van der Waals surface area contributed by atoms with Crippen molar-refractivity contribution in [3.63, 3.8) is 0 Å². The van der Waals surface area contributed by atoms with E-state index in [1.165, 1.54) is 38.3 Å². The Morgan fingerprint density at radius 3 is 2.10 bits per heavy atom. The summed E-state index contributed by atoms with van der Waals surface area (Å²) in [6, 6.07) is 12.9. The summed E-state index contributed by atoms with van der Waals surface area (Å²) in [5, 5.41) is 3.11. The molecule has 1 amide bonds. The Labute approximate surface area is 185 Å². The topological polar surface area (TPSA) is 108 Å². The van der Waals surface area contributed by atoms with E-state index in [1.54, 1.807) is 24.3 Å². The molecule has 2 aromatic rings. The van der Waals surface area contributed by atoms with E-state index in [0.29, 0.717) is 23.7 Å². The van der Waals surface area contributed by atoms with Gasteiger partial charge in [-0.2, -0.15) is 0 Å². The lowest BCUT2D eigenvalue weighted by atomic mass is 9.99. The molecule has 0 saturated heterocycles. The van der Waals surface area contributed by atoms with Gasteiger partial charge in [-0.25, -0.2) is 8.42 Å². The molecule has 1 atom stereocenters. The molecular formula is C23H34N2O5S. The maximum atomic E-state index is 13.1. The first kappa shape index (κ1) is 26.5. The Kier molecular flexibility index (Phi) is 10.5. The van der Waals surface area contributed by atoms with Crippen LogP contribution in [0.1, 0.15) is 33.3 Å². The van der Waals surface area contributed by atoms with Crippen molar-refractivity contribution in [2.24, 2.45) is 5.73 Å². The number of primary amides is 1. The van der Waals surface area contributed by atoms with Crippen LogP contribution in [0.4, 0.5) is 0 Å². The van der Waals surface area contributed by atoms with Gasteiger partial charge in [0.2, 0.25) is 5.91 Å². The molecule has 2 rings (SSSR count). The van der Waals surface area contributed by atoms with Crippen molar-refractivity contribution in [1.29, 1.82) is 0 Å². The summed E-state index contributed by atoms with van der Waals surface area (Å²) in [5.41, 5.74) is 6.17. The third-order valence-corrected chi connectivity index (χ3v) is 7.16. The van der Waals surface area contributed by atoms with Crippen molar-refractivity contribution in [2.75, 3.05) is 26.8 Å². The summed E-state index contributed by atoms with van der Waals surface area (Å²) in [7, 11) is -2.53. The number of carbonyl (C=O) groups is 1. The summed E-state index contributed by atoms with van der Waals surface area (Å²) in [5.74, 6) is 0.225. The lowest BCUT2D eigenvalue weighted by molar-refractivity contribution is -0.120. The molecule has 0 aliphatic rings. The molecule has 1 unspecified atom stereocenters. The van der Waals surface area contributed by atoms with Gasteiger partial charge in [0.25, 0.3) is 0 Å². The predicted octanol–water partition coefficient (Wildman–Crippen LogP) is 2.97. The number of ether oxygens (including phenoxy) is 2. The quantitative estimate of drug-likeness (QED) is 0.576. The third-order valence-electron chi connectivity index (χ3n) is 4.73. The molecule has 172 valence electrons. The van der Waals surface area contributed by atoms with Crippen LogP contribution in [-0.2, 0) is 21.1 Å². The summed E-state index contributed by atoms with van der Waals surface area (Å²) in [6.45, 7) is 10.1. The third kappa shape index (κ3) is 6.97. The summed E-state index contributed by atoms with van der Waals surface area (Å²) in [6.07, 6.45) is -0.0579. The van der Waals surface area contributed by atoms with Gasteiger partial charge in [0.15, 0.2) is 14.6 Å². The monoisotopic (exact) mass is 450 g/mol. The first-order valence-corrected chi connectivity index (χ1v) is 11.8. The largest absolute Gasteiger partial charge is 0.497 e. The maximum absolute atomic E-state index is 13.1. The van der Waals surface area contributed by atoms with E-state index in [-0.39, 0.29) is 11.3 Å². The molecule has 0 radical (unpaired) electrons. The fourth-order valence-corrected chi connectivity index (χ4v) is 4.52. The van der Waals surface area contributed by atoms with Gasteiger partial charge >= 0.3 is 0 Å². The number of rotatable bonds is 10. The Morgan fingerprint density at radius 2 is 1.65 bits per heavy atom. The summed E-state index contributed by atoms with van der Waals surface area (Å²) >= 11 is 0. The van der Waals surface area contributed by atoms with E-state index >= 15 is 0 Å². The number of nitrogens with one attached hydrogen (secondary N) is 1.